The van der Waals surface area contributed by atoms with Crippen molar-refractivity contribution in [3.05, 3.63) is 48.6 Å². The van der Waals surface area contributed by atoms with Crippen molar-refractivity contribution in [1.29, 1.82) is 0 Å². The van der Waals surface area contributed by atoms with Crippen LogP contribution < -0.4 is 5.32 Å². The number of aliphatic hydroxyl groups excluding tert-OH is 8. The largest absolute Gasteiger partial charge is 0.394 e. The van der Waals surface area contributed by atoms with Gasteiger partial charge in [0.15, 0.2) is 12.6 Å². The number of carbonyl (C=O) groups excluding carboxylic acids is 1. The number of allylic oxidation sites excluding steroid dienone is 7. The zero-order chi connectivity index (χ0) is 57.4. The number of amides is 1. The van der Waals surface area contributed by atoms with E-state index >= 15 is 0 Å². The first-order valence-corrected chi connectivity index (χ1v) is 32.4. The highest BCUT2D eigenvalue weighted by molar-refractivity contribution is 5.76. The molecule has 0 aromatic carbocycles. The van der Waals surface area contributed by atoms with Crippen LogP contribution in [-0.2, 0) is 23.7 Å². The molecule has 2 aliphatic rings. The Bertz CT molecular complexity index is 1510. The normalized spacial score (nSPS) is 24.7. The minimum absolute atomic E-state index is 0.245. The SMILES string of the molecule is CC/C=C\C/C=C\C/C=C\CCCCCC(=O)NC(COC1OC(CO)C(OC2OC(CO)C(O)C(O)C2O)C(O)C1O)C(O)/C=C/CCCCCCCCCCCCCCCCCCCCCCCCCCCCCCCC. The summed E-state index contributed by atoms with van der Waals surface area (Å²) in [7, 11) is 0. The number of rotatable bonds is 52. The Morgan fingerprint density at radius 2 is 0.873 bits per heavy atom. The average Bonchev–Trinajstić information content (AvgIpc) is 3.45. The first-order valence-electron chi connectivity index (χ1n) is 32.4. The van der Waals surface area contributed by atoms with Gasteiger partial charge in [0.2, 0.25) is 5.91 Å². The number of carbonyl (C=O) groups is 1. The lowest BCUT2D eigenvalue weighted by Crippen LogP contribution is -2.65. The first-order chi connectivity index (χ1) is 38.6. The van der Waals surface area contributed by atoms with Crippen molar-refractivity contribution in [2.24, 2.45) is 0 Å². The Morgan fingerprint density at radius 3 is 1.34 bits per heavy atom. The summed E-state index contributed by atoms with van der Waals surface area (Å²) in [4.78, 5) is 13.2. The quantitative estimate of drug-likeness (QED) is 0.0204. The van der Waals surface area contributed by atoms with Crippen LogP contribution in [0.5, 0.6) is 0 Å². The lowest BCUT2D eigenvalue weighted by atomic mass is 9.97. The van der Waals surface area contributed by atoms with Gasteiger partial charge in [0.05, 0.1) is 32.0 Å². The molecule has 0 saturated carbocycles. The van der Waals surface area contributed by atoms with Crippen LogP contribution in [-0.4, -0.2) is 140 Å². The number of nitrogens with one attached hydrogen (secondary N) is 1. The van der Waals surface area contributed by atoms with Gasteiger partial charge in [-0.15, -0.1) is 0 Å². The van der Waals surface area contributed by atoms with Crippen molar-refractivity contribution in [3.63, 3.8) is 0 Å². The minimum Gasteiger partial charge on any atom is -0.394 e. The molecule has 0 radical (unpaired) electrons. The van der Waals surface area contributed by atoms with Crippen LogP contribution in [0, 0.1) is 0 Å². The predicted octanol–water partition coefficient (Wildman–Crippen LogP) is 12.0. The smallest absolute Gasteiger partial charge is 0.220 e. The van der Waals surface area contributed by atoms with Gasteiger partial charge in [-0.05, 0) is 51.4 Å². The maximum atomic E-state index is 13.2. The van der Waals surface area contributed by atoms with E-state index in [2.05, 4.69) is 55.6 Å². The van der Waals surface area contributed by atoms with E-state index in [4.69, 9.17) is 18.9 Å². The lowest BCUT2D eigenvalue weighted by Gasteiger charge is -2.46. The third kappa shape index (κ3) is 35.6. The number of unbranched alkanes of at least 4 members (excludes halogenated alkanes) is 33. The topological polar surface area (TPSA) is 228 Å². The van der Waals surface area contributed by atoms with Gasteiger partial charge in [0.1, 0.15) is 48.8 Å². The summed E-state index contributed by atoms with van der Waals surface area (Å²) < 4.78 is 22.8. The van der Waals surface area contributed by atoms with Crippen molar-refractivity contribution < 1.29 is 64.6 Å². The first kappa shape index (κ1) is 73.1. The summed E-state index contributed by atoms with van der Waals surface area (Å²) in [5.74, 6) is -0.267. The highest BCUT2D eigenvalue weighted by atomic mass is 16.7. The molecule has 2 heterocycles. The monoisotopic (exact) mass is 1120 g/mol. The maximum Gasteiger partial charge on any atom is 0.220 e. The van der Waals surface area contributed by atoms with Crippen LogP contribution >= 0.6 is 0 Å². The van der Waals surface area contributed by atoms with Gasteiger partial charge in [0, 0.05) is 6.42 Å². The fourth-order valence-corrected chi connectivity index (χ4v) is 10.6. The Balaban J connectivity index is 1.65. The highest BCUT2D eigenvalue weighted by Gasteiger charge is 2.51. The summed E-state index contributed by atoms with van der Waals surface area (Å²) in [6, 6.07) is -0.931. The summed E-state index contributed by atoms with van der Waals surface area (Å²) >= 11 is 0. The fourth-order valence-electron chi connectivity index (χ4n) is 10.6. The molecule has 9 N–H and O–H groups in total. The second-order valence-electron chi connectivity index (χ2n) is 22.9. The van der Waals surface area contributed by atoms with E-state index in [9.17, 15) is 45.6 Å². The minimum atomic E-state index is -1.79. The highest BCUT2D eigenvalue weighted by Crippen LogP contribution is 2.30. The summed E-state index contributed by atoms with van der Waals surface area (Å²) in [6.07, 6.45) is 47.6. The zero-order valence-corrected chi connectivity index (χ0v) is 49.9. The molecule has 0 aromatic heterocycles. The fraction of sp³-hybridized carbons (Fsp3) is 0.862. The van der Waals surface area contributed by atoms with Crippen LogP contribution in [0.4, 0.5) is 0 Å². The number of aliphatic hydroxyl groups is 8. The van der Waals surface area contributed by atoms with E-state index in [1.54, 1.807) is 6.08 Å². The van der Waals surface area contributed by atoms with Gasteiger partial charge in [-0.3, -0.25) is 4.79 Å². The maximum absolute atomic E-state index is 13.2. The standard InChI is InChI=1S/C65H119NO13/c1-3-5-7-9-11-13-15-17-18-19-20-21-22-23-24-25-26-27-28-29-30-31-32-33-34-35-37-38-40-42-44-46-48-54(69)53(66-57(70)49-47-45-43-41-39-36-16-14-12-10-8-6-4-2)52-76-64-62(75)60(73)63(56(51-68)78-64)79-65-61(74)59(72)58(71)55(50-67)77-65/h6,8,12,14,36,39,46,48,53-56,58-65,67-69,71-75H,3-5,7,9-11,13,15-35,37-38,40-45,47,49-52H2,1-2H3,(H,66,70)/b8-6-,14-12-,39-36-,48-46+. The van der Waals surface area contributed by atoms with Crippen molar-refractivity contribution in [1.82, 2.24) is 5.32 Å². The van der Waals surface area contributed by atoms with E-state index in [1.165, 1.54) is 180 Å². The van der Waals surface area contributed by atoms with E-state index in [-0.39, 0.29) is 18.9 Å². The van der Waals surface area contributed by atoms with E-state index < -0.39 is 86.8 Å². The van der Waals surface area contributed by atoms with Crippen molar-refractivity contribution in [3.8, 4) is 0 Å². The summed E-state index contributed by atoms with van der Waals surface area (Å²) in [5.41, 5.74) is 0. The molecule has 0 aliphatic carbocycles. The van der Waals surface area contributed by atoms with Crippen molar-refractivity contribution in [2.45, 2.75) is 338 Å². The van der Waals surface area contributed by atoms with Crippen LogP contribution in [0.25, 0.3) is 0 Å². The second-order valence-corrected chi connectivity index (χ2v) is 22.9. The molecular weight excluding hydrogens is 1000 g/mol. The van der Waals surface area contributed by atoms with Gasteiger partial charge in [-0.2, -0.15) is 0 Å². The van der Waals surface area contributed by atoms with Gasteiger partial charge >= 0.3 is 0 Å². The molecule has 2 rings (SSSR count). The van der Waals surface area contributed by atoms with Gasteiger partial charge in [0.25, 0.3) is 0 Å². The Kier molecular flexibility index (Phi) is 46.7. The molecule has 2 fully saturated rings. The van der Waals surface area contributed by atoms with Crippen molar-refractivity contribution in [2.75, 3.05) is 19.8 Å². The Morgan fingerprint density at radius 1 is 0.468 bits per heavy atom. The van der Waals surface area contributed by atoms with E-state index in [0.717, 1.165) is 57.8 Å². The molecule has 12 unspecified atom stereocenters. The van der Waals surface area contributed by atoms with Crippen LogP contribution in [0.3, 0.4) is 0 Å². The van der Waals surface area contributed by atoms with Crippen LogP contribution in [0.2, 0.25) is 0 Å². The molecule has 2 aliphatic heterocycles. The number of hydrogen-bond donors (Lipinski definition) is 9. The molecule has 0 aromatic rings. The predicted molar refractivity (Wildman–Crippen MR) is 318 cm³/mol. The molecule has 2 saturated heterocycles. The Labute approximate surface area is 480 Å². The van der Waals surface area contributed by atoms with Gasteiger partial charge in [-0.1, -0.05) is 255 Å². The number of hydrogen-bond acceptors (Lipinski definition) is 13. The molecule has 14 heteroatoms. The molecular formula is C65H119NO13. The van der Waals surface area contributed by atoms with Crippen LogP contribution in [0.1, 0.15) is 264 Å². The third-order valence-electron chi connectivity index (χ3n) is 15.8. The summed E-state index contributed by atoms with van der Waals surface area (Å²) in [6.45, 7) is 2.67. The molecule has 0 bridgehead atoms. The lowest BCUT2D eigenvalue weighted by molar-refractivity contribution is -0.359. The molecule has 14 nitrogen and oxygen atoms in total. The van der Waals surface area contributed by atoms with Crippen molar-refractivity contribution >= 4 is 5.91 Å². The molecule has 462 valence electrons. The molecule has 12 atom stereocenters. The average molecular weight is 1120 g/mol. The van der Waals surface area contributed by atoms with E-state index in [1.807, 2.05) is 6.08 Å². The number of ether oxygens (including phenoxy) is 4. The summed E-state index contributed by atoms with van der Waals surface area (Å²) in [5, 5.41) is 87.1. The van der Waals surface area contributed by atoms with Crippen LogP contribution in [0.15, 0.2) is 48.6 Å². The zero-order valence-electron chi connectivity index (χ0n) is 49.9. The Hall–Kier alpha value is -2.05. The second kappa shape index (κ2) is 50.5. The molecule has 0 spiro atoms. The van der Waals surface area contributed by atoms with Gasteiger partial charge in [-0.25, -0.2) is 0 Å². The third-order valence-corrected chi connectivity index (χ3v) is 15.8. The molecule has 79 heavy (non-hydrogen) atoms. The molecule has 1 amide bonds. The van der Waals surface area contributed by atoms with E-state index in [0.29, 0.717) is 6.42 Å². The van der Waals surface area contributed by atoms with Gasteiger partial charge < -0.3 is 65.1 Å².